The zero-order chi connectivity index (χ0) is 25.3. The second-order valence-corrected chi connectivity index (χ2v) is 9.01. The van der Waals surface area contributed by atoms with Crippen LogP contribution in [0.25, 0.3) is 16.7 Å². The summed E-state index contributed by atoms with van der Waals surface area (Å²) in [5.74, 6) is -1.17. The molecule has 4 rings (SSSR count). The summed E-state index contributed by atoms with van der Waals surface area (Å²) >= 11 is 6.06. The van der Waals surface area contributed by atoms with Crippen molar-refractivity contribution < 1.29 is 14.3 Å². The van der Waals surface area contributed by atoms with Crippen LogP contribution in [0.2, 0.25) is 5.02 Å². The highest BCUT2D eigenvalue weighted by atomic mass is 35.5. The molecule has 180 valence electrons. The van der Waals surface area contributed by atoms with Crippen molar-refractivity contribution in [2.24, 2.45) is 10.9 Å². The van der Waals surface area contributed by atoms with Gasteiger partial charge in [0.2, 0.25) is 0 Å². The van der Waals surface area contributed by atoms with E-state index < -0.39 is 11.9 Å². The van der Waals surface area contributed by atoms with Gasteiger partial charge in [-0.2, -0.15) is 4.99 Å². The molecule has 0 spiro atoms. The molecule has 3 aromatic heterocycles. The summed E-state index contributed by atoms with van der Waals surface area (Å²) in [5, 5.41) is 0.618. The van der Waals surface area contributed by atoms with Crippen molar-refractivity contribution in [2.45, 2.75) is 34.2 Å². The number of hydrogen-bond acceptors (Lipinski definition) is 5. The number of rotatable bonds is 5. The molecule has 0 unspecified atom stereocenters. The van der Waals surface area contributed by atoms with E-state index in [2.05, 4.69) is 4.99 Å². The van der Waals surface area contributed by atoms with Gasteiger partial charge >= 0.3 is 5.97 Å². The first-order chi connectivity index (χ1) is 16.7. The highest BCUT2D eigenvalue weighted by Gasteiger charge is 2.21. The fourth-order valence-electron chi connectivity index (χ4n) is 3.89. The quantitative estimate of drug-likeness (QED) is 0.307. The van der Waals surface area contributed by atoms with Crippen molar-refractivity contribution in [3.05, 3.63) is 86.2 Å². The van der Waals surface area contributed by atoms with Gasteiger partial charge in [-0.3, -0.25) is 14.0 Å². The number of carbonyl (C=O) groups is 2. The van der Waals surface area contributed by atoms with Crippen LogP contribution < -0.4 is 11.0 Å². The normalized spacial score (nSPS) is 12.0. The Morgan fingerprint density at radius 2 is 1.91 bits per heavy atom. The van der Waals surface area contributed by atoms with E-state index in [1.807, 2.05) is 26.8 Å². The van der Waals surface area contributed by atoms with Gasteiger partial charge in [-0.1, -0.05) is 37.6 Å². The van der Waals surface area contributed by atoms with Crippen molar-refractivity contribution >= 4 is 40.2 Å². The Morgan fingerprint density at radius 3 is 2.60 bits per heavy atom. The molecule has 1 aromatic carbocycles. The molecule has 9 heteroatoms. The van der Waals surface area contributed by atoms with Crippen molar-refractivity contribution in [1.82, 2.24) is 14.0 Å². The maximum absolute atomic E-state index is 13.4. The van der Waals surface area contributed by atoms with Crippen molar-refractivity contribution in [3.63, 3.8) is 0 Å². The largest absolute Gasteiger partial charge is 0.462 e. The van der Waals surface area contributed by atoms with Crippen LogP contribution in [0.1, 0.15) is 47.1 Å². The van der Waals surface area contributed by atoms with E-state index in [1.165, 1.54) is 16.5 Å². The molecular formula is C26H25ClN4O4. The van der Waals surface area contributed by atoms with Gasteiger partial charge in [0.1, 0.15) is 16.9 Å². The van der Waals surface area contributed by atoms with E-state index in [-0.39, 0.29) is 40.1 Å². The molecular weight excluding hydrogens is 468 g/mol. The average Bonchev–Trinajstić information content (AvgIpc) is 2.81. The number of ether oxygens (including phenoxy) is 1. The maximum atomic E-state index is 13.4. The van der Waals surface area contributed by atoms with Crippen molar-refractivity contribution in [3.8, 4) is 0 Å². The van der Waals surface area contributed by atoms with E-state index in [1.54, 1.807) is 42.0 Å². The summed E-state index contributed by atoms with van der Waals surface area (Å²) in [6, 6.07) is 11.4. The van der Waals surface area contributed by atoms with Crippen LogP contribution in [0, 0.1) is 12.8 Å². The second kappa shape index (κ2) is 9.84. The summed E-state index contributed by atoms with van der Waals surface area (Å²) in [7, 11) is 0. The van der Waals surface area contributed by atoms with E-state index in [9.17, 15) is 14.4 Å². The molecule has 4 aromatic rings. The number of hydrogen-bond donors (Lipinski definition) is 0. The molecule has 8 nitrogen and oxygen atoms in total. The van der Waals surface area contributed by atoms with Gasteiger partial charge in [0.05, 0.1) is 12.0 Å². The lowest BCUT2D eigenvalue weighted by Crippen LogP contribution is -2.34. The number of halogens is 1. The summed E-state index contributed by atoms with van der Waals surface area (Å²) in [5.41, 5.74) is 1.67. The minimum atomic E-state index is -0.682. The lowest BCUT2D eigenvalue weighted by atomic mass is 10.1. The number of carbonyl (C=O) groups excluding carboxylic acids is 2. The second-order valence-electron chi connectivity index (χ2n) is 8.57. The van der Waals surface area contributed by atoms with Crippen LogP contribution in [0.3, 0.4) is 0 Å². The molecule has 0 radical (unpaired) electrons. The Hall–Kier alpha value is -3.78. The molecule has 3 heterocycles. The van der Waals surface area contributed by atoms with Crippen LogP contribution >= 0.6 is 11.6 Å². The number of benzene rings is 1. The zero-order valence-electron chi connectivity index (χ0n) is 19.9. The van der Waals surface area contributed by atoms with Gasteiger partial charge < -0.3 is 9.30 Å². The SMILES string of the molecule is CCOC(=O)c1cc2c(=O)n3cccc(C)c3nc2n(CC(C)C)c1=NC(=O)c1cccc(Cl)c1. The third-order valence-corrected chi connectivity index (χ3v) is 5.66. The standard InChI is InChI=1S/C26H25ClN4O4/c1-5-35-26(34)20-13-19-22(28-21-16(4)8-7-11-30(21)25(19)33)31(14-15(2)3)23(20)29-24(32)17-9-6-10-18(27)12-17/h6-13,15H,5,14H2,1-4H3. The Morgan fingerprint density at radius 1 is 1.14 bits per heavy atom. The Kier molecular flexibility index (Phi) is 6.84. The highest BCUT2D eigenvalue weighted by Crippen LogP contribution is 2.16. The topological polar surface area (TPSA) is 95.0 Å². The molecule has 0 atom stereocenters. The highest BCUT2D eigenvalue weighted by molar-refractivity contribution is 6.31. The third kappa shape index (κ3) is 4.74. The summed E-state index contributed by atoms with van der Waals surface area (Å²) in [6.45, 7) is 8.00. The van der Waals surface area contributed by atoms with Crippen molar-refractivity contribution in [2.75, 3.05) is 6.61 Å². The monoisotopic (exact) mass is 492 g/mol. The van der Waals surface area contributed by atoms with Crippen LogP contribution in [0.15, 0.2) is 58.4 Å². The average molecular weight is 493 g/mol. The lowest BCUT2D eigenvalue weighted by molar-refractivity contribution is 0.0523. The lowest BCUT2D eigenvalue weighted by Gasteiger charge is -2.17. The molecule has 0 saturated carbocycles. The Labute approximate surface area is 206 Å². The van der Waals surface area contributed by atoms with Crippen molar-refractivity contribution in [1.29, 1.82) is 0 Å². The van der Waals surface area contributed by atoms with Gasteiger partial charge in [0.25, 0.3) is 11.5 Å². The van der Waals surface area contributed by atoms with E-state index >= 15 is 0 Å². The first kappa shape index (κ1) is 24.3. The summed E-state index contributed by atoms with van der Waals surface area (Å²) < 4.78 is 8.36. The van der Waals surface area contributed by atoms with Crippen LogP contribution in [0.5, 0.6) is 0 Å². The van der Waals surface area contributed by atoms with E-state index in [0.717, 1.165) is 5.56 Å². The van der Waals surface area contributed by atoms with Gasteiger partial charge in [0, 0.05) is 23.3 Å². The number of aromatic nitrogens is 3. The third-order valence-electron chi connectivity index (χ3n) is 5.43. The first-order valence-electron chi connectivity index (χ1n) is 11.3. The molecule has 0 aliphatic carbocycles. The first-order valence-corrected chi connectivity index (χ1v) is 11.7. The van der Waals surface area contributed by atoms with Crippen LogP contribution in [-0.4, -0.2) is 32.4 Å². The Balaban J connectivity index is 2.16. The minimum absolute atomic E-state index is 0.0156. The number of pyridine rings is 2. The molecule has 0 saturated heterocycles. The zero-order valence-corrected chi connectivity index (χ0v) is 20.7. The Bertz CT molecular complexity index is 1600. The predicted octanol–water partition coefficient (Wildman–Crippen LogP) is 4.18. The molecule has 0 N–H and O–H groups in total. The van der Waals surface area contributed by atoms with E-state index in [0.29, 0.717) is 22.9 Å². The van der Waals surface area contributed by atoms with Crippen LogP contribution in [-0.2, 0) is 11.3 Å². The molecule has 35 heavy (non-hydrogen) atoms. The van der Waals surface area contributed by atoms with E-state index in [4.69, 9.17) is 21.3 Å². The van der Waals surface area contributed by atoms with Gasteiger partial charge in [0.15, 0.2) is 5.49 Å². The number of nitrogens with zero attached hydrogens (tertiary/aromatic N) is 4. The number of amides is 1. The predicted molar refractivity (Wildman–Crippen MR) is 134 cm³/mol. The van der Waals surface area contributed by atoms with Gasteiger partial charge in [-0.25, -0.2) is 9.78 Å². The molecule has 0 bridgehead atoms. The molecule has 0 aliphatic rings. The van der Waals surface area contributed by atoms with Gasteiger partial charge in [-0.05, 0) is 55.7 Å². The number of esters is 1. The van der Waals surface area contributed by atoms with Crippen LogP contribution in [0.4, 0.5) is 0 Å². The fourth-order valence-corrected chi connectivity index (χ4v) is 4.08. The molecule has 1 amide bonds. The summed E-state index contributed by atoms with van der Waals surface area (Å²) in [6.07, 6.45) is 1.63. The fraction of sp³-hybridized carbons (Fsp3) is 0.269. The van der Waals surface area contributed by atoms with Gasteiger partial charge in [-0.15, -0.1) is 0 Å². The molecule has 0 aliphatic heterocycles. The maximum Gasteiger partial charge on any atom is 0.341 e. The number of fused-ring (bicyclic) bond motifs is 2. The molecule has 0 fully saturated rings. The minimum Gasteiger partial charge on any atom is -0.462 e. The smallest absolute Gasteiger partial charge is 0.341 e. The summed E-state index contributed by atoms with van der Waals surface area (Å²) in [4.78, 5) is 48.7. The number of aryl methyl sites for hydroxylation is 1.